The topological polar surface area (TPSA) is 276 Å². The van der Waals surface area contributed by atoms with E-state index in [4.69, 9.17) is 9.84 Å². The number of hydrogen-bond donors (Lipinski definition) is 2. The molecule has 0 aliphatic rings. The van der Waals surface area contributed by atoms with Crippen LogP contribution in [0.15, 0.2) is 393 Å². The van der Waals surface area contributed by atoms with Crippen LogP contribution in [-0.2, 0) is 51.0 Å². The molecule has 33 heteroatoms. The van der Waals surface area contributed by atoms with Gasteiger partial charge in [-0.25, -0.2) is 35.6 Å². The lowest BCUT2D eigenvalue weighted by atomic mass is 10.0. The normalized spacial score (nSPS) is 11.5. The Labute approximate surface area is 891 Å². The van der Waals surface area contributed by atoms with Gasteiger partial charge in [0.25, 0.3) is 0 Å². The first kappa shape index (κ1) is 111. The van der Waals surface area contributed by atoms with Crippen molar-refractivity contribution in [1.29, 1.82) is 0 Å². The number of nitrogen functional groups attached to an aromatic ring is 1. The Balaban J connectivity index is 0.000000166. The molecule has 0 radical (unpaired) electrons. The molecule has 15 aromatic carbocycles. The molecule has 0 fully saturated rings. The monoisotopic (exact) mass is 2650 g/mol. The summed E-state index contributed by atoms with van der Waals surface area (Å²) in [5, 5.41) is 44.5. The molecule has 139 heavy (non-hydrogen) atoms. The number of anilines is 1. The fraction of sp³-hybridized carbons (Fsp3) is 0.104. The Morgan fingerprint density at radius 1 is 0.410 bits per heavy atom. The number of hydrogen-bond acceptors (Lipinski definition) is 15. The Hall–Kier alpha value is -9.65. The molecule has 17 rings (SSSR count). The molecule has 0 aliphatic heterocycles. The summed E-state index contributed by atoms with van der Waals surface area (Å²) in [6, 6.07) is 128. The second-order valence-corrected chi connectivity index (χ2v) is 46.7. The van der Waals surface area contributed by atoms with Crippen molar-refractivity contribution >= 4 is 264 Å². The molecule has 3 N–H and O–H groups in total. The minimum atomic E-state index is -5.21. The lowest BCUT2D eigenvalue weighted by molar-refractivity contribution is -0.322. The summed E-state index contributed by atoms with van der Waals surface area (Å²) in [4.78, 5) is 65.5. The summed E-state index contributed by atoms with van der Waals surface area (Å²) in [7, 11) is -5.12. The van der Waals surface area contributed by atoms with Gasteiger partial charge < -0.3 is 54.6 Å². The van der Waals surface area contributed by atoms with Crippen LogP contribution in [0.5, 0.6) is 0 Å². The van der Waals surface area contributed by atoms with E-state index < -0.39 is 104 Å². The third kappa shape index (κ3) is 31.4. The first-order valence-corrected chi connectivity index (χ1v) is 54.5. The number of ether oxygens (including phenoxy) is 2. The van der Waals surface area contributed by atoms with E-state index in [0.29, 0.717) is 16.3 Å². The molecule has 0 saturated heterocycles. The van der Waals surface area contributed by atoms with Crippen LogP contribution in [0.2, 0.25) is 0 Å². The van der Waals surface area contributed by atoms with Gasteiger partial charge >= 0.3 is 18.1 Å². The van der Waals surface area contributed by atoms with Crippen LogP contribution in [-0.4, -0.2) is 77.7 Å². The maximum Gasteiger partial charge on any atom is 0.426 e. The van der Waals surface area contributed by atoms with E-state index in [0.717, 1.165) is 24.6 Å². The number of rotatable bonds is 19. The smallest absolute Gasteiger partial charge is 0.426 e. The highest BCUT2D eigenvalue weighted by Crippen LogP contribution is 2.50. The molecule has 2 aromatic heterocycles. The van der Waals surface area contributed by atoms with Gasteiger partial charge in [0.2, 0.25) is 6.10 Å². The van der Waals surface area contributed by atoms with Gasteiger partial charge in [0.1, 0.15) is 11.8 Å². The zero-order chi connectivity index (χ0) is 101. The van der Waals surface area contributed by atoms with E-state index in [-0.39, 0.29) is 60.6 Å². The number of aliphatic carboxylic acids is 2. The van der Waals surface area contributed by atoms with E-state index in [9.17, 15) is 83.0 Å². The third-order valence-electron chi connectivity index (χ3n) is 19.6. The minimum Gasteiger partial charge on any atom is -0.748 e. The largest absolute Gasteiger partial charge is 0.748 e. The summed E-state index contributed by atoms with van der Waals surface area (Å²) in [5.41, 5.74) is 0.0255. The Morgan fingerprint density at radius 3 is 0.899 bits per heavy atom. The fourth-order valence-corrected chi connectivity index (χ4v) is 27.5. The second kappa shape index (κ2) is 52.9. The van der Waals surface area contributed by atoms with Crippen molar-refractivity contribution in [2.45, 2.75) is 87.5 Å². The van der Waals surface area contributed by atoms with Crippen LogP contribution >= 0.6 is 156 Å². The molecule has 0 saturated carbocycles. The first-order valence-electron chi connectivity index (χ1n) is 41.6. The summed E-state index contributed by atoms with van der Waals surface area (Å²) >= 11 is 11.9. The minimum absolute atomic E-state index is 0.0146. The van der Waals surface area contributed by atoms with Crippen molar-refractivity contribution in [3.63, 3.8) is 0 Å². The van der Waals surface area contributed by atoms with E-state index in [1.807, 2.05) is 65.1 Å². The molecule has 15 nitrogen and oxygen atoms in total. The number of benzene rings is 15. The predicted octanol–water partition coefficient (Wildman–Crippen LogP) is 25.7. The Morgan fingerprint density at radius 2 is 0.662 bits per heavy atom. The number of aliphatic hydroxyl groups is 1. The number of esters is 2. The highest BCUT2D eigenvalue weighted by Gasteiger charge is 2.45. The van der Waals surface area contributed by atoms with Crippen molar-refractivity contribution in [3.05, 3.63) is 425 Å². The van der Waals surface area contributed by atoms with Crippen molar-refractivity contribution in [1.82, 2.24) is 0 Å². The molecule has 0 amide bonds. The van der Waals surface area contributed by atoms with Crippen LogP contribution in [0.25, 0.3) is 50.1 Å². The lowest BCUT2D eigenvalue weighted by Crippen LogP contribution is -2.43. The van der Waals surface area contributed by atoms with Gasteiger partial charge in [-0.15, -0.1) is 0 Å². The Kier molecular flexibility index (Phi) is 42.4. The highest BCUT2D eigenvalue weighted by molar-refractivity contribution is 14.1. The average Bonchev–Trinajstić information content (AvgIpc) is 1.60. The van der Waals surface area contributed by atoms with Crippen molar-refractivity contribution < 1.29 is 97.6 Å². The molecule has 2 heterocycles. The van der Waals surface area contributed by atoms with Crippen LogP contribution < -0.4 is 21.1 Å². The van der Waals surface area contributed by atoms with Gasteiger partial charge in [0.05, 0.1) is 71.9 Å². The first-order chi connectivity index (χ1) is 66.1. The van der Waals surface area contributed by atoms with Crippen molar-refractivity contribution in [2.24, 2.45) is 5.92 Å². The van der Waals surface area contributed by atoms with Gasteiger partial charge in [-0.1, -0.05) is 208 Å². The van der Waals surface area contributed by atoms with Crippen molar-refractivity contribution in [2.75, 3.05) is 11.5 Å². The maximum absolute atomic E-state index is 12.7. The molecular weight excluding hydrogens is 2570 g/mol. The number of carboxylic acid groups (broad SMARTS) is 3. The van der Waals surface area contributed by atoms with Crippen molar-refractivity contribution in [3.8, 4) is 9.79 Å². The number of fused-ring (bicyclic) bond motifs is 6. The third-order valence-corrected chi connectivity index (χ3v) is 36.8. The number of alkyl halides is 3. The van der Waals surface area contributed by atoms with E-state index in [1.54, 1.807) is 34.7 Å². The number of nitrogens with two attached hydrogens (primary N) is 1. The molecular formula is C106H82F7I6NO14S5. The van der Waals surface area contributed by atoms with E-state index in [2.05, 4.69) is 418 Å². The van der Waals surface area contributed by atoms with Gasteiger partial charge in [-0.2, -0.15) is 13.2 Å². The number of carbonyl (C=O) groups excluding carboxylic acids is 5. The SMILES string of the molecule is CC(C)(O)C(=O)[O-].CC(C)C(CC(=O)[O-])OC(=O)c1cc(I)cc(I)c1I.Nc1c(F)c(F)c(C(=O)[O-])c(F)c1F.O=C(OC(CS(=O)(=O)[O-])C(F)(F)F)c1cc(I)cc(I)c1I.c1ccc(-[s+]2c3ccccc3c3ccccc32)cc1.c1ccc(-[s+]2c3ccccc3c3ccccc32)cc1.c1ccc([S+](c2ccccc2)c2ccccc2)cc1.c1ccc([S+](c2ccccc2)c2ccccc2)cc1. The van der Waals surface area contributed by atoms with E-state index >= 15 is 0 Å². The Bertz CT molecular complexity index is 6590. The second-order valence-electron chi connectivity index (χ2n) is 30.3. The van der Waals surface area contributed by atoms with Crippen LogP contribution in [0.1, 0.15) is 65.2 Å². The summed E-state index contributed by atoms with van der Waals surface area (Å²) in [5.74, 6) is -16.9. The van der Waals surface area contributed by atoms with Gasteiger partial charge in [0, 0.05) is 76.3 Å². The number of thiophene rings is 2. The summed E-state index contributed by atoms with van der Waals surface area (Å²) < 4.78 is 140. The molecule has 0 aliphatic carbocycles. The van der Waals surface area contributed by atoms with E-state index in [1.165, 1.54) is 85.6 Å². The molecule has 0 bridgehead atoms. The number of halogens is 13. The number of carboxylic acids is 3. The summed E-state index contributed by atoms with van der Waals surface area (Å²) in [6.45, 7) is 5.93. The van der Waals surface area contributed by atoms with Crippen LogP contribution in [0.4, 0.5) is 36.4 Å². The molecule has 0 spiro atoms. The number of carbonyl (C=O) groups is 5. The molecule has 2 atom stereocenters. The average molecular weight is 2650 g/mol. The molecule has 17 aromatic rings. The molecule has 2 unspecified atom stereocenters. The zero-order valence-corrected chi connectivity index (χ0v) is 90.6. The van der Waals surface area contributed by atoms with Gasteiger partial charge in [-0.3, -0.25) is 0 Å². The van der Waals surface area contributed by atoms with Gasteiger partial charge in [-0.05, 0) is 325 Å². The standard InChI is InChI=1S/2C18H13S.2C18H15S.C13H13I3O4.C10H6F3I3O5S.C7H3F4NO2.C4H8O3/c2*1-2-8-14(9-3-1)19-17-12-6-4-10-15(17)16-11-5-7-13-18(16)19;2*1-4-10-16(11-5-1)19(17-12-6-2-7-13-17)18-14-8-3-9-15-18;1-6(2)10(5-11(17)18)20-13(19)8-3-7(14)4-9(15)12(8)16;11-10(12,13)7(3-22(18,19)20)21-9(17)5-1-4(14)2-6(15)8(5)16;8-2-1(7(13)14)3(9)5(11)6(12)4(2)10;1-4(2,7)3(5)6/h2*1-13H;2*1-15H;3-4,6,10H,5H2,1-2H3,(H,17,18);1-2,7H,3H2,(H,18,19,20);12H2,(H,13,14);7H,1-2H3,(H,5,6)/q4*+1;;;;/p-4. The quantitative estimate of drug-likeness (QED) is 0.0145. The van der Waals surface area contributed by atoms with Gasteiger partial charge in [0.15, 0.2) is 81.2 Å². The zero-order valence-electron chi connectivity index (χ0n) is 73.6. The van der Waals surface area contributed by atoms with Crippen LogP contribution in [0.3, 0.4) is 0 Å². The fourth-order valence-electron chi connectivity index (χ4n) is 13.1. The summed E-state index contributed by atoms with van der Waals surface area (Å²) in [6.07, 6.45) is -9.14. The highest BCUT2D eigenvalue weighted by atomic mass is 127. The molecule has 716 valence electrons. The predicted molar refractivity (Wildman–Crippen MR) is 583 cm³/mol. The maximum atomic E-state index is 12.7. The van der Waals surface area contributed by atoms with Crippen LogP contribution in [0, 0.1) is 50.6 Å². The number of aromatic carboxylic acids is 1. The lowest BCUT2D eigenvalue weighted by Gasteiger charge is -2.22.